The van der Waals surface area contributed by atoms with E-state index in [0.717, 1.165) is 17.1 Å². The van der Waals surface area contributed by atoms with Gasteiger partial charge in [-0.05, 0) is 42.5 Å². The number of amides is 1. The Morgan fingerprint density at radius 2 is 1.70 bits per heavy atom. The highest BCUT2D eigenvalue weighted by atomic mass is 32.2. The molecule has 0 saturated heterocycles. The van der Waals surface area contributed by atoms with E-state index in [-0.39, 0.29) is 10.8 Å². The number of hydrogen-bond acceptors (Lipinski definition) is 6. The summed E-state index contributed by atoms with van der Waals surface area (Å²) in [6.07, 6.45) is 0.731. The zero-order valence-electron chi connectivity index (χ0n) is 17.8. The molecule has 0 atom stereocenters. The summed E-state index contributed by atoms with van der Waals surface area (Å²) < 4.78 is 39.5. The number of fused-ring (bicyclic) bond motifs is 1. The molecule has 1 aliphatic rings. The number of nitrogens with one attached hydrogen (secondary N) is 2. The molecule has 1 aliphatic heterocycles. The number of sulfonamides is 1. The first-order chi connectivity index (χ1) is 16.0. The predicted molar refractivity (Wildman–Crippen MR) is 129 cm³/mol. The highest BCUT2D eigenvalue weighted by Crippen LogP contribution is 2.32. The maximum absolute atomic E-state index is 12.9. The van der Waals surface area contributed by atoms with Gasteiger partial charge in [-0.3, -0.25) is 9.52 Å². The van der Waals surface area contributed by atoms with Crippen LogP contribution in [0.1, 0.15) is 16.8 Å². The van der Waals surface area contributed by atoms with E-state index in [4.69, 9.17) is 9.47 Å². The topological polar surface area (TPSA) is 93.7 Å². The number of carbonyl (C=O) groups excluding carboxylic acids is 1. The first-order valence-corrected chi connectivity index (χ1v) is 13.0. The molecule has 0 fully saturated rings. The van der Waals surface area contributed by atoms with Crippen LogP contribution in [0.4, 0.5) is 5.69 Å². The Kier molecular flexibility index (Phi) is 7.41. The van der Waals surface area contributed by atoms with Crippen molar-refractivity contribution < 1.29 is 22.7 Å². The maximum Gasteiger partial charge on any atom is 0.262 e. The molecule has 0 saturated carbocycles. The Bertz CT molecular complexity index is 1220. The zero-order valence-corrected chi connectivity index (χ0v) is 19.5. The van der Waals surface area contributed by atoms with Crippen molar-refractivity contribution in [2.75, 3.05) is 30.2 Å². The first-order valence-electron chi connectivity index (χ1n) is 10.5. The average Bonchev–Trinajstić information content (AvgIpc) is 3.07. The summed E-state index contributed by atoms with van der Waals surface area (Å²) in [4.78, 5) is 13.7. The summed E-state index contributed by atoms with van der Waals surface area (Å²) >= 11 is 1.65. The molecule has 0 aromatic heterocycles. The fourth-order valence-corrected chi connectivity index (χ4v) is 5.05. The molecule has 1 amide bonds. The molecule has 1 heterocycles. The summed E-state index contributed by atoms with van der Waals surface area (Å²) in [6.45, 7) is 1.48. The fourth-order valence-electron chi connectivity index (χ4n) is 3.20. The second-order valence-corrected chi connectivity index (χ2v) is 10.1. The largest absolute Gasteiger partial charge is 0.490 e. The van der Waals surface area contributed by atoms with Gasteiger partial charge in [0.2, 0.25) is 0 Å². The zero-order chi connectivity index (χ0) is 23.1. The van der Waals surface area contributed by atoms with Gasteiger partial charge in [-0.25, -0.2) is 8.42 Å². The smallest absolute Gasteiger partial charge is 0.262 e. The third kappa shape index (κ3) is 6.21. The number of thioether (sulfide) groups is 1. The molecule has 9 heteroatoms. The van der Waals surface area contributed by atoms with Crippen LogP contribution in [0.2, 0.25) is 0 Å². The number of rotatable bonds is 8. The van der Waals surface area contributed by atoms with Crippen LogP contribution in [0.5, 0.6) is 11.5 Å². The van der Waals surface area contributed by atoms with E-state index in [2.05, 4.69) is 10.0 Å². The fraction of sp³-hybridized carbons (Fsp3) is 0.208. The lowest BCUT2D eigenvalue weighted by Gasteiger charge is -2.12. The lowest BCUT2D eigenvalue weighted by Crippen LogP contribution is -2.25. The van der Waals surface area contributed by atoms with E-state index in [9.17, 15) is 13.2 Å². The monoisotopic (exact) mass is 484 g/mol. The Labute approximate surface area is 197 Å². The van der Waals surface area contributed by atoms with Crippen LogP contribution in [-0.2, 0) is 10.0 Å². The molecule has 3 aromatic rings. The van der Waals surface area contributed by atoms with E-state index in [1.165, 1.54) is 18.2 Å². The minimum atomic E-state index is -3.87. The number of hydrogen-bond donors (Lipinski definition) is 2. The third-order valence-electron chi connectivity index (χ3n) is 4.81. The van der Waals surface area contributed by atoms with E-state index in [1.54, 1.807) is 36.0 Å². The molecule has 0 spiro atoms. The molecular formula is C24H24N2O5S2. The van der Waals surface area contributed by atoms with Gasteiger partial charge in [0.15, 0.2) is 11.5 Å². The van der Waals surface area contributed by atoms with Crippen LogP contribution in [-0.4, -0.2) is 39.8 Å². The van der Waals surface area contributed by atoms with Crippen LogP contribution < -0.4 is 19.5 Å². The van der Waals surface area contributed by atoms with Crippen LogP contribution in [0.3, 0.4) is 0 Å². The Morgan fingerprint density at radius 3 is 2.52 bits per heavy atom. The highest BCUT2D eigenvalue weighted by Gasteiger charge is 2.19. The van der Waals surface area contributed by atoms with Crippen molar-refractivity contribution in [3.8, 4) is 11.5 Å². The molecule has 0 aliphatic carbocycles. The lowest BCUT2D eigenvalue weighted by atomic mass is 10.2. The SMILES string of the molecule is O=C(NCCSc1ccccc1)c1cccc(NS(=O)(=O)c2ccc3c(c2)OCCCO3)c1. The Morgan fingerprint density at radius 1 is 0.909 bits per heavy atom. The quantitative estimate of drug-likeness (QED) is 0.368. The Hall–Kier alpha value is -3.17. The summed E-state index contributed by atoms with van der Waals surface area (Å²) in [5, 5.41) is 2.86. The number of benzene rings is 3. The normalized spacial score (nSPS) is 13.1. The standard InChI is InChI=1S/C24H24N2O5S2/c27-24(25-12-15-32-20-8-2-1-3-9-20)18-6-4-7-19(16-18)26-33(28,29)21-10-11-22-23(17-21)31-14-5-13-30-22/h1-4,6-11,16-17,26H,5,12-15H2,(H,25,27). The van der Waals surface area contributed by atoms with Crippen LogP contribution in [0.15, 0.2) is 82.6 Å². The minimum Gasteiger partial charge on any atom is -0.490 e. The van der Waals surface area contributed by atoms with Gasteiger partial charge in [0.25, 0.3) is 15.9 Å². The average molecular weight is 485 g/mol. The van der Waals surface area contributed by atoms with Crippen molar-refractivity contribution in [2.45, 2.75) is 16.2 Å². The third-order valence-corrected chi connectivity index (χ3v) is 7.20. The van der Waals surface area contributed by atoms with Crippen molar-refractivity contribution in [1.82, 2.24) is 5.32 Å². The molecule has 2 N–H and O–H groups in total. The van der Waals surface area contributed by atoms with Crippen molar-refractivity contribution in [3.63, 3.8) is 0 Å². The van der Waals surface area contributed by atoms with Gasteiger partial charge in [0, 0.05) is 40.9 Å². The van der Waals surface area contributed by atoms with Gasteiger partial charge in [-0.15, -0.1) is 11.8 Å². The lowest BCUT2D eigenvalue weighted by molar-refractivity contribution is 0.0956. The molecule has 4 rings (SSSR count). The molecule has 172 valence electrons. The molecule has 33 heavy (non-hydrogen) atoms. The van der Waals surface area contributed by atoms with E-state index >= 15 is 0 Å². The molecule has 0 radical (unpaired) electrons. The number of ether oxygens (including phenoxy) is 2. The van der Waals surface area contributed by atoms with Crippen LogP contribution in [0, 0.1) is 0 Å². The molecule has 0 unspecified atom stereocenters. The molecule has 3 aromatic carbocycles. The summed E-state index contributed by atoms with van der Waals surface area (Å²) in [5.74, 6) is 1.39. The van der Waals surface area contributed by atoms with E-state index in [0.29, 0.717) is 42.5 Å². The summed E-state index contributed by atoms with van der Waals surface area (Å²) in [6, 6.07) is 20.8. The Balaban J connectivity index is 1.38. The molecule has 0 bridgehead atoms. The van der Waals surface area contributed by atoms with Crippen molar-refractivity contribution in [2.24, 2.45) is 0 Å². The second-order valence-electron chi connectivity index (χ2n) is 7.26. The summed E-state index contributed by atoms with van der Waals surface area (Å²) in [5.41, 5.74) is 0.673. The first kappa shape index (κ1) is 23.0. The number of anilines is 1. The highest BCUT2D eigenvalue weighted by molar-refractivity contribution is 7.99. The van der Waals surface area contributed by atoms with Gasteiger partial charge >= 0.3 is 0 Å². The molecule has 7 nitrogen and oxygen atoms in total. The minimum absolute atomic E-state index is 0.0551. The van der Waals surface area contributed by atoms with E-state index < -0.39 is 10.0 Å². The predicted octanol–water partition coefficient (Wildman–Crippen LogP) is 4.17. The van der Waals surface area contributed by atoms with Gasteiger partial charge in [-0.2, -0.15) is 0 Å². The maximum atomic E-state index is 12.9. The van der Waals surface area contributed by atoms with Crippen LogP contribution in [0.25, 0.3) is 0 Å². The van der Waals surface area contributed by atoms with Crippen LogP contribution >= 0.6 is 11.8 Å². The van der Waals surface area contributed by atoms with E-state index in [1.807, 2.05) is 30.3 Å². The van der Waals surface area contributed by atoms with Crippen molar-refractivity contribution in [1.29, 1.82) is 0 Å². The number of carbonyl (C=O) groups is 1. The van der Waals surface area contributed by atoms with Crippen molar-refractivity contribution >= 4 is 33.4 Å². The molecular weight excluding hydrogens is 460 g/mol. The van der Waals surface area contributed by atoms with Gasteiger partial charge in [0.1, 0.15) is 0 Å². The van der Waals surface area contributed by atoms with Gasteiger partial charge in [-0.1, -0.05) is 24.3 Å². The summed E-state index contributed by atoms with van der Waals surface area (Å²) in [7, 11) is -3.87. The van der Waals surface area contributed by atoms with Gasteiger partial charge in [0.05, 0.1) is 18.1 Å². The van der Waals surface area contributed by atoms with Crippen molar-refractivity contribution in [3.05, 3.63) is 78.4 Å². The second kappa shape index (κ2) is 10.6. The van der Waals surface area contributed by atoms with Gasteiger partial charge < -0.3 is 14.8 Å².